The maximum atomic E-state index is 12.4. The zero-order valence-corrected chi connectivity index (χ0v) is 16.6. The molecule has 0 bridgehead atoms. The van der Waals surface area contributed by atoms with Crippen molar-refractivity contribution in [3.63, 3.8) is 0 Å². The summed E-state index contributed by atoms with van der Waals surface area (Å²) in [4.78, 5) is 25.9. The van der Waals surface area contributed by atoms with Gasteiger partial charge in [0.2, 0.25) is 0 Å². The molecule has 0 spiro atoms. The molecule has 0 heterocycles. The maximum Gasteiger partial charge on any atom is 0.257 e. The molecule has 2 amide bonds. The summed E-state index contributed by atoms with van der Waals surface area (Å²) in [5.74, 6) is 0.157. The fraction of sp³-hybridized carbons (Fsp3) is 0.250. The minimum Gasteiger partial charge on any atom is -0.491 e. The van der Waals surface area contributed by atoms with E-state index in [4.69, 9.17) is 17.0 Å². The largest absolute Gasteiger partial charge is 0.491 e. The van der Waals surface area contributed by atoms with E-state index in [0.29, 0.717) is 22.6 Å². The first-order valence-electron chi connectivity index (χ1n) is 8.47. The summed E-state index contributed by atoms with van der Waals surface area (Å²) < 4.78 is 5.60. The number of carbonyl (C=O) groups excluding carboxylic acids is 2. The van der Waals surface area contributed by atoms with Gasteiger partial charge in [-0.25, -0.2) is 0 Å². The van der Waals surface area contributed by atoms with E-state index >= 15 is 0 Å². The molecule has 7 heteroatoms. The number of anilines is 1. The van der Waals surface area contributed by atoms with Crippen LogP contribution < -0.4 is 15.4 Å². The summed E-state index contributed by atoms with van der Waals surface area (Å²) in [5.41, 5.74) is 1.58. The van der Waals surface area contributed by atoms with Crippen molar-refractivity contribution >= 4 is 34.8 Å². The Bertz CT molecular complexity index is 850. The molecule has 0 aliphatic heterocycles. The normalized spacial score (nSPS) is 10.3. The van der Waals surface area contributed by atoms with Gasteiger partial charge in [0.15, 0.2) is 5.11 Å². The number of nitrogens with zero attached hydrogens (tertiary/aromatic N) is 1. The van der Waals surface area contributed by atoms with Gasteiger partial charge in [0.25, 0.3) is 11.8 Å². The molecule has 6 nitrogen and oxygen atoms in total. The van der Waals surface area contributed by atoms with Crippen LogP contribution in [0, 0.1) is 0 Å². The minimum absolute atomic E-state index is 0.0169. The number of nitrogens with one attached hydrogen (secondary N) is 2. The van der Waals surface area contributed by atoms with Crippen molar-refractivity contribution in [3.05, 3.63) is 59.7 Å². The predicted octanol–water partition coefficient (Wildman–Crippen LogP) is 3.30. The highest BCUT2D eigenvalue weighted by Crippen LogP contribution is 2.15. The molecule has 0 aliphatic rings. The molecule has 0 saturated carbocycles. The van der Waals surface area contributed by atoms with Crippen LogP contribution in [0.15, 0.2) is 48.5 Å². The average Bonchev–Trinajstić information content (AvgIpc) is 2.60. The Balaban J connectivity index is 2.02. The summed E-state index contributed by atoms with van der Waals surface area (Å²) >= 11 is 5.21. The van der Waals surface area contributed by atoms with Crippen molar-refractivity contribution in [2.75, 3.05) is 19.4 Å². The predicted molar refractivity (Wildman–Crippen MR) is 110 cm³/mol. The van der Waals surface area contributed by atoms with E-state index in [9.17, 15) is 9.59 Å². The van der Waals surface area contributed by atoms with Crippen molar-refractivity contribution in [1.29, 1.82) is 0 Å². The number of benzene rings is 2. The third-order valence-electron chi connectivity index (χ3n) is 3.47. The molecule has 27 heavy (non-hydrogen) atoms. The van der Waals surface area contributed by atoms with Gasteiger partial charge in [0, 0.05) is 30.9 Å². The number of hydrogen-bond acceptors (Lipinski definition) is 4. The van der Waals surface area contributed by atoms with Crippen molar-refractivity contribution in [2.24, 2.45) is 0 Å². The highest BCUT2D eigenvalue weighted by atomic mass is 32.1. The maximum absolute atomic E-state index is 12.4. The smallest absolute Gasteiger partial charge is 0.257 e. The van der Waals surface area contributed by atoms with Crippen LogP contribution in [0.25, 0.3) is 0 Å². The van der Waals surface area contributed by atoms with Gasteiger partial charge in [-0.1, -0.05) is 12.1 Å². The van der Waals surface area contributed by atoms with E-state index in [1.807, 2.05) is 13.8 Å². The van der Waals surface area contributed by atoms with Gasteiger partial charge in [-0.2, -0.15) is 0 Å². The van der Waals surface area contributed by atoms with Crippen LogP contribution in [-0.2, 0) is 0 Å². The number of carbonyl (C=O) groups is 2. The number of hydrogen-bond donors (Lipinski definition) is 2. The molecule has 0 saturated heterocycles. The van der Waals surface area contributed by atoms with Crippen molar-refractivity contribution < 1.29 is 14.3 Å². The minimum atomic E-state index is -0.345. The van der Waals surface area contributed by atoms with E-state index in [1.54, 1.807) is 62.6 Å². The molecular weight excluding hydrogens is 362 g/mol. The van der Waals surface area contributed by atoms with Gasteiger partial charge in [-0.05, 0) is 62.5 Å². The molecule has 142 valence electrons. The molecule has 0 fully saturated rings. The lowest BCUT2D eigenvalue weighted by Gasteiger charge is -2.13. The van der Waals surface area contributed by atoms with Crippen LogP contribution in [0.1, 0.15) is 34.6 Å². The van der Waals surface area contributed by atoms with Crippen molar-refractivity contribution in [1.82, 2.24) is 10.2 Å². The number of ether oxygens (including phenoxy) is 1. The average molecular weight is 385 g/mol. The van der Waals surface area contributed by atoms with E-state index in [-0.39, 0.29) is 23.0 Å². The standard InChI is InChI=1S/C20H23N3O3S/c1-13(2)26-17-10-6-7-14(12-17)18(24)22-20(27)21-16-9-5-8-15(11-16)19(25)23(3)4/h5-13H,1-4H3,(H2,21,22,24,27). The van der Waals surface area contributed by atoms with Crippen LogP contribution >= 0.6 is 12.2 Å². The molecule has 0 aliphatic carbocycles. The molecule has 2 N–H and O–H groups in total. The summed E-state index contributed by atoms with van der Waals surface area (Å²) in [6.45, 7) is 3.84. The number of rotatable bonds is 5. The second-order valence-corrected chi connectivity index (χ2v) is 6.79. The van der Waals surface area contributed by atoms with E-state index in [2.05, 4.69) is 10.6 Å². The fourth-order valence-corrected chi connectivity index (χ4v) is 2.52. The Morgan fingerprint density at radius 2 is 1.70 bits per heavy atom. The lowest BCUT2D eigenvalue weighted by molar-refractivity contribution is 0.0827. The van der Waals surface area contributed by atoms with Gasteiger partial charge in [-0.3, -0.25) is 14.9 Å². The van der Waals surface area contributed by atoms with Gasteiger partial charge < -0.3 is 15.0 Å². The molecule has 0 radical (unpaired) electrons. The van der Waals surface area contributed by atoms with E-state index in [0.717, 1.165) is 0 Å². The van der Waals surface area contributed by atoms with E-state index < -0.39 is 0 Å². The van der Waals surface area contributed by atoms with Gasteiger partial charge in [-0.15, -0.1) is 0 Å². The Morgan fingerprint density at radius 3 is 2.37 bits per heavy atom. The highest BCUT2D eigenvalue weighted by Gasteiger charge is 2.11. The van der Waals surface area contributed by atoms with E-state index in [1.165, 1.54) is 4.90 Å². The highest BCUT2D eigenvalue weighted by molar-refractivity contribution is 7.80. The number of amides is 2. The molecule has 2 rings (SSSR count). The van der Waals surface area contributed by atoms with Crippen LogP contribution in [0.5, 0.6) is 5.75 Å². The van der Waals surface area contributed by atoms with Crippen LogP contribution in [0.3, 0.4) is 0 Å². The third kappa shape index (κ3) is 6.07. The topological polar surface area (TPSA) is 70.7 Å². The second-order valence-electron chi connectivity index (χ2n) is 6.38. The first-order valence-corrected chi connectivity index (χ1v) is 8.88. The summed E-state index contributed by atoms with van der Waals surface area (Å²) in [6.07, 6.45) is 0.0169. The molecule has 2 aromatic carbocycles. The molecule has 0 atom stereocenters. The molecule has 0 unspecified atom stereocenters. The lowest BCUT2D eigenvalue weighted by Crippen LogP contribution is -2.34. The van der Waals surface area contributed by atoms with Gasteiger partial charge in [0.05, 0.1) is 6.10 Å². The number of thiocarbonyl (C=S) groups is 1. The van der Waals surface area contributed by atoms with Crippen LogP contribution in [0.2, 0.25) is 0 Å². The molecule has 2 aromatic rings. The zero-order valence-electron chi connectivity index (χ0n) is 15.8. The van der Waals surface area contributed by atoms with Crippen LogP contribution in [0.4, 0.5) is 5.69 Å². The van der Waals surface area contributed by atoms with Crippen LogP contribution in [-0.4, -0.2) is 42.0 Å². The first-order chi connectivity index (χ1) is 12.8. The van der Waals surface area contributed by atoms with Gasteiger partial charge in [0.1, 0.15) is 5.75 Å². The second kappa shape index (κ2) is 9.14. The Hall–Kier alpha value is -2.93. The zero-order chi connectivity index (χ0) is 20.0. The lowest BCUT2D eigenvalue weighted by atomic mass is 10.2. The fourth-order valence-electron chi connectivity index (χ4n) is 2.31. The molecular formula is C20H23N3O3S. The van der Waals surface area contributed by atoms with Crippen molar-refractivity contribution in [2.45, 2.75) is 20.0 Å². The van der Waals surface area contributed by atoms with Crippen molar-refractivity contribution in [3.8, 4) is 5.75 Å². The SMILES string of the molecule is CC(C)Oc1cccc(C(=O)NC(=S)Nc2cccc(C(=O)N(C)C)c2)c1. The third-order valence-corrected chi connectivity index (χ3v) is 3.67. The first kappa shape index (κ1) is 20.4. The Morgan fingerprint density at radius 1 is 1.04 bits per heavy atom. The summed E-state index contributed by atoms with van der Waals surface area (Å²) in [7, 11) is 3.37. The monoisotopic (exact) mass is 385 g/mol. The molecule has 0 aromatic heterocycles. The Labute approximate surface area is 164 Å². The Kier molecular flexibility index (Phi) is 6.90. The quantitative estimate of drug-likeness (QED) is 0.773. The van der Waals surface area contributed by atoms with Gasteiger partial charge >= 0.3 is 0 Å². The summed E-state index contributed by atoms with van der Waals surface area (Å²) in [6, 6.07) is 13.8. The summed E-state index contributed by atoms with van der Waals surface area (Å²) in [5, 5.41) is 5.69.